The number of benzene rings is 2. The Bertz CT molecular complexity index is 721. The van der Waals surface area contributed by atoms with Crippen molar-refractivity contribution in [1.29, 1.82) is 0 Å². The molecule has 0 amide bonds. The van der Waals surface area contributed by atoms with E-state index >= 15 is 0 Å². The molecule has 20 heavy (non-hydrogen) atoms. The van der Waals surface area contributed by atoms with Gasteiger partial charge in [0.2, 0.25) is 0 Å². The molecule has 0 aliphatic carbocycles. The van der Waals surface area contributed by atoms with Crippen molar-refractivity contribution in [3.63, 3.8) is 0 Å². The molecule has 2 aromatic carbocycles. The van der Waals surface area contributed by atoms with E-state index in [0.717, 1.165) is 21.6 Å². The van der Waals surface area contributed by atoms with Gasteiger partial charge in [0.15, 0.2) is 0 Å². The van der Waals surface area contributed by atoms with Crippen LogP contribution in [-0.4, -0.2) is 4.98 Å². The third-order valence-electron chi connectivity index (χ3n) is 3.05. The monoisotopic (exact) mass is 347 g/mol. The Hall–Kier alpha value is -1.39. The summed E-state index contributed by atoms with van der Waals surface area (Å²) in [4.78, 5) is 4.48. The number of fused-ring (bicyclic) bond motifs is 1. The minimum atomic E-state index is 0.581. The van der Waals surface area contributed by atoms with Crippen molar-refractivity contribution in [3.05, 3.63) is 58.6 Å². The van der Waals surface area contributed by atoms with E-state index in [2.05, 4.69) is 51.2 Å². The van der Waals surface area contributed by atoms with Crippen LogP contribution in [0.25, 0.3) is 10.2 Å². The van der Waals surface area contributed by atoms with Crippen molar-refractivity contribution < 1.29 is 4.74 Å². The van der Waals surface area contributed by atoms with Crippen molar-refractivity contribution in [2.24, 2.45) is 0 Å². The van der Waals surface area contributed by atoms with Gasteiger partial charge in [-0.3, -0.25) is 0 Å². The molecule has 0 bridgehead atoms. The van der Waals surface area contributed by atoms with Gasteiger partial charge >= 0.3 is 0 Å². The zero-order valence-corrected chi connectivity index (χ0v) is 13.5. The highest BCUT2D eigenvalue weighted by atomic mass is 79.9. The molecule has 3 aromatic rings. The Kier molecular flexibility index (Phi) is 4.03. The zero-order chi connectivity index (χ0) is 13.9. The van der Waals surface area contributed by atoms with Crippen LogP contribution in [0.3, 0.4) is 0 Å². The summed E-state index contributed by atoms with van der Waals surface area (Å²) in [5.41, 5.74) is 3.46. The largest absolute Gasteiger partial charge is 0.489 e. The Morgan fingerprint density at radius 3 is 2.60 bits per heavy atom. The second kappa shape index (κ2) is 5.94. The highest BCUT2D eigenvalue weighted by Gasteiger charge is 2.03. The normalized spacial score (nSPS) is 10.9. The third-order valence-corrected chi connectivity index (χ3v) is 4.65. The molecule has 2 nitrogen and oxygen atoms in total. The van der Waals surface area contributed by atoms with E-state index < -0.39 is 0 Å². The van der Waals surface area contributed by atoms with Gasteiger partial charge in [-0.05, 0) is 30.2 Å². The van der Waals surface area contributed by atoms with E-state index in [1.165, 1.54) is 15.8 Å². The van der Waals surface area contributed by atoms with Crippen molar-refractivity contribution in [3.8, 4) is 5.75 Å². The molecule has 0 unspecified atom stereocenters. The number of alkyl halides is 1. The van der Waals surface area contributed by atoms with E-state index in [9.17, 15) is 0 Å². The average molecular weight is 348 g/mol. The summed E-state index contributed by atoms with van der Waals surface area (Å²) in [5, 5.41) is 1.97. The van der Waals surface area contributed by atoms with Crippen LogP contribution in [0.4, 0.5) is 0 Å². The summed E-state index contributed by atoms with van der Waals surface area (Å²) in [5.74, 6) is 0.868. The van der Waals surface area contributed by atoms with Gasteiger partial charge < -0.3 is 4.74 Å². The van der Waals surface area contributed by atoms with Crippen LogP contribution in [0.2, 0.25) is 0 Å². The lowest BCUT2D eigenvalue weighted by molar-refractivity contribution is 0.306. The smallest absolute Gasteiger partial charge is 0.122 e. The average Bonchev–Trinajstić information content (AvgIpc) is 2.85. The van der Waals surface area contributed by atoms with E-state index in [-0.39, 0.29) is 0 Å². The Morgan fingerprint density at radius 1 is 1.10 bits per heavy atom. The SMILES string of the molecule is Cc1nc2cc(OCc3ccc(CBr)cc3)ccc2s1. The maximum atomic E-state index is 5.84. The van der Waals surface area contributed by atoms with Gasteiger partial charge in [0.25, 0.3) is 0 Å². The first-order chi connectivity index (χ1) is 9.74. The van der Waals surface area contributed by atoms with Gasteiger partial charge in [-0.1, -0.05) is 40.2 Å². The first-order valence-electron chi connectivity index (χ1n) is 6.38. The summed E-state index contributed by atoms with van der Waals surface area (Å²) in [6.45, 7) is 2.60. The molecule has 0 radical (unpaired) electrons. The fraction of sp³-hybridized carbons (Fsp3) is 0.188. The van der Waals surface area contributed by atoms with Gasteiger partial charge in [0, 0.05) is 11.4 Å². The minimum absolute atomic E-state index is 0.581. The number of rotatable bonds is 4. The molecule has 0 saturated heterocycles. The highest BCUT2D eigenvalue weighted by Crippen LogP contribution is 2.26. The lowest BCUT2D eigenvalue weighted by Gasteiger charge is -2.06. The van der Waals surface area contributed by atoms with Gasteiger partial charge in [-0.2, -0.15) is 0 Å². The molecule has 0 fully saturated rings. The fourth-order valence-electron chi connectivity index (χ4n) is 2.00. The first-order valence-corrected chi connectivity index (χ1v) is 8.32. The first kappa shape index (κ1) is 13.6. The molecule has 0 spiro atoms. The number of ether oxygens (including phenoxy) is 1. The maximum Gasteiger partial charge on any atom is 0.122 e. The van der Waals surface area contributed by atoms with Gasteiger partial charge in [-0.25, -0.2) is 4.98 Å². The van der Waals surface area contributed by atoms with E-state index in [0.29, 0.717) is 6.61 Å². The number of hydrogen-bond acceptors (Lipinski definition) is 3. The van der Waals surface area contributed by atoms with Crippen LogP contribution in [-0.2, 0) is 11.9 Å². The van der Waals surface area contributed by atoms with Crippen LogP contribution >= 0.6 is 27.3 Å². The van der Waals surface area contributed by atoms with Gasteiger partial charge in [0.05, 0.1) is 15.2 Å². The fourth-order valence-corrected chi connectivity index (χ4v) is 3.18. The summed E-state index contributed by atoms with van der Waals surface area (Å²) in [6, 6.07) is 14.5. The lowest BCUT2D eigenvalue weighted by Crippen LogP contribution is -1.95. The molecular weight excluding hydrogens is 334 g/mol. The predicted octanol–water partition coefficient (Wildman–Crippen LogP) is 5.08. The molecule has 4 heteroatoms. The summed E-state index contributed by atoms with van der Waals surface area (Å²) in [6.07, 6.45) is 0. The topological polar surface area (TPSA) is 22.1 Å². The molecule has 1 heterocycles. The second-order valence-corrected chi connectivity index (χ2v) is 6.40. The van der Waals surface area contributed by atoms with Crippen molar-refractivity contribution in [2.45, 2.75) is 18.9 Å². The number of aryl methyl sites for hydroxylation is 1. The third kappa shape index (κ3) is 3.02. The molecule has 0 atom stereocenters. The summed E-state index contributed by atoms with van der Waals surface area (Å²) in [7, 11) is 0. The minimum Gasteiger partial charge on any atom is -0.489 e. The van der Waals surface area contributed by atoms with E-state index in [1.807, 2.05) is 19.1 Å². The zero-order valence-electron chi connectivity index (χ0n) is 11.1. The Morgan fingerprint density at radius 2 is 1.85 bits per heavy atom. The van der Waals surface area contributed by atoms with Gasteiger partial charge in [-0.15, -0.1) is 11.3 Å². The van der Waals surface area contributed by atoms with Crippen LogP contribution in [0.1, 0.15) is 16.1 Å². The maximum absolute atomic E-state index is 5.84. The van der Waals surface area contributed by atoms with Crippen LogP contribution in [0.15, 0.2) is 42.5 Å². The molecule has 3 rings (SSSR count). The van der Waals surface area contributed by atoms with Crippen molar-refractivity contribution in [1.82, 2.24) is 4.98 Å². The quantitative estimate of drug-likeness (QED) is 0.614. The summed E-state index contributed by atoms with van der Waals surface area (Å²) >= 11 is 5.15. The second-order valence-electron chi connectivity index (χ2n) is 4.60. The molecule has 0 aliphatic rings. The van der Waals surface area contributed by atoms with Crippen LogP contribution in [0, 0.1) is 6.92 Å². The number of nitrogens with zero attached hydrogens (tertiary/aromatic N) is 1. The predicted molar refractivity (Wildman–Crippen MR) is 87.8 cm³/mol. The molecular formula is C16H14BrNOS. The van der Waals surface area contributed by atoms with E-state index in [1.54, 1.807) is 11.3 Å². The van der Waals surface area contributed by atoms with Crippen LogP contribution < -0.4 is 4.74 Å². The number of aromatic nitrogens is 1. The standard InChI is InChI=1S/C16H14BrNOS/c1-11-18-15-8-14(6-7-16(15)20-11)19-10-13-4-2-12(9-17)3-5-13/h2-8H,9-10H2,1H3. The number of hydrogen-bond donors (Lipinski definition) is 0. The molecule has 102 valence electrons. The van der Waals surface area contributed by atoms with Crippen molar-refractivity contribution >= 4 is 37.5 Å². The van der Waals surface area contributed by atoms with Gasteiger partial charge in [0.1, 0.15) is 12.4 Å². The molecule has 1 aromatic heterocycles. The van der Waals surface area contributed by atoms with Crippen molar-refractivity contribution in [2.75, 3.05) is 0 Å². The highest BCUT2D eigenvalue weighted by molar-refractivity contribution is 9.08. The summed E-state index contributed by atoms with van der Waals surface area (Å²) < 4.78 is 7.04. The van der Waals surface area contributed by atoms with E-state index in [4.69, 9.17) is 4.74 Å². The lowest BCUT2D eigenvalue weighted by atomic mass is 10.2. The molecule has 0 saturated carbocycles. The molecule has 0 aliphatic heterocycles. The Labute approximate surface area is 130 Å². The number of halogens is 1. The molecule has 0 N–H and O–H groups in total. The number of thiazole rings is 1. The van der Waals surface area contributed by atoms with Crippen LogP contribution in [0.5, 0.6) is 5.75 Å². The Balaban J connectivity index is 1.72.